The van der Waals surface area contributed by atoms with Crippen LogP contribution in [0.25, 0.3) is 0 Å². The molecule has 1 aromatic carbocycles. The molecule has 0 spiro atoms. The molecule has 3 rings (SSSR count). The highest BCUT2D eigenvalue weighted by Gasteiger charge is 2.49. The zero-order valence-corrected chi connectivity index (χ0v) is 13.5. The van der Waals surface area contributed by atoms with Gasteiger partial charge in [0.05, 0.1) is 17.2 Å². The molecule has 3 atom stereocenters. The van der Waals surface area contributed by atoms with E-state index in [1.54, 1.807) is 19.1 Å². The molecule has 1 aromatic heterocycles. The Kier molecular flexibility index (Phi) is 3.62. The molecule has 4 nitrogen and oxygen atoms in total. The molecular formula is C17H18ClNO3. The normalized spacial score (nSPS) is 27.5. The SMILES string of the molecule is CC(=O)C1C(c2ccc(Cl)cc2)c2c(noc2C)CC1(C)O. The Hall–Kier alpha value is -1.65. The fourth-order valence-electron chi connectivity index (χ4n) is 3.63. The van der Waals surface area contributed by atoms with Crippen molar-refractivity contribution in [2.45, 2.75) is 38.7 Å². The molecule has 2 aromatic rings. The summed E-state index contributed by atoms with van der Waals surface area (Å²) in [6.07, 6.45) is 0.314. The number of hydrogen-bond donors (Lipinski definition) is 1. The van der Waals surface area contributed by atoms with Crippen molar-refractivity contribution in [2.75, 3.05) is 0 Å². The minimum atomic E-state index is -1.16. The van der Waals surface area contributed by atoms with E-state index in [4.69, 9.17) is 16.1 Å². The number of carbonyl (C=O) groups excluding carboxylic acids is 1. The largest absolute Gasteiger partial charge is 0.389 e. The van der Waals surface area contributed by atoms with E-state index >= 15 is 0 Å². The minimum absolute atomic E-state index is 0.0452. The molecule has 22 heavy (non-hydrogen) atoms. The molecule has 0 bridgehead atoms. The van der Waals surface area contributed by atoms with Crippen LogP contribution in [0.1, 0.15) is 42.3 Å². The summed E-state index contributed by atoms with van der Waals surface area (Å²) in [5, 5.41) is 15.5. The highest BCUT2D eigenvalue weighted by atomic mass is 35.5. The quantitative estimate of drug-likeness (QED) is 0.922. The second-order valence-electron chi connectivity index (χ2n) is 6.25. The molecular weight excluding hydrogens is 302 g/mol. The topological polar surface area (TPSA) is 63.3 Å². The lowest BCUT2D eigenvalue weighted by molar-refractivity contribution is -0.130. The van der Waals surface area contributed by atoms with Gasteiger partial charge < -0.3 is 9.63 Å². The van der Waals surface area contributed by atoms with E-state index in [9.17, 15) is 9.90 Å². The van der Waals surface area contributed by atoms with Crippen LogP contribution in [0.15, 0.2) is 28.8 Å². The molecule has 116 valence electrons. The van der Waals surface area contributed by atoms with E-state index in [0.29, 0.717) is 17.2 Å². The number of fused-ring (bicyclic) bond motifs is 1. The van der Waals surface area contributed by atoms with E-state index in [2.05, 4.69) is 5.16 Å². The summed E-state index contributed by atoms with van der Waals surface area (Å²) in [7, 11) is 0. The fourth-order valence-corrected chi connectivity index (χ4v) is 3.75. The first-order valence-electron chi connectivity index (χ1n) is 7.24. The van der Waals surface area contributed by atoms with Crippen LogP contribution in [-0.2, 0) is 11.2 Å². The number of aliphatic hydroxyl groups is 1. The highest BCUT2D eigenvalue weighted by Crippen LogP contribution is 2.47. The Labute approximate surface area is 134 Å². The van der Waals surface area contributed by atoms with E-state index in [1.807, 2.05) is 19.1 Å². The van der Waals surface area contributed by atoms with Gasteiger partial charge in [0.1, 0.15) is 11.5 Å². The van der Waals surface area contributed by atoms with Gasteiger partial charge in [-0.1, -0.05) is 28.9 Å². The third kappa shape index (κ3) is 2.36. The van der Waals surface area contributed by atoms with Gasteiger partial charge >= 0.3 is 0 Å². The van der Waals surface area contributed by atoms with Gasteiger partial charge in [-0.2, -0.15) is 0 Å². The molecule has 3 unspecified atom stereocenters. The summed E-state index contributed by atoms with van der Waals surface area (Å²) in [5.74, 6) is -0.174. The van der Waals surface area contributed by atoms with Crippen LogP contribution >= 0.6 is 11.6 Å². The molecule has 0 radical (unpaired) electrons. The predicted octanol–water partition coefficient (Wildman–Crippen LogP) is 3.28. The summed E-state index contributed by atoms with van der Waals surface area (Å²) >= 11 is 5.97. The van der Waals surface area contributed by atoms with Gasteiger partial charge in [0.25, 0.3) is 0 Å². The molecule has 0 saturated carbocycles. The summed E-state index contributed by atoms with van der Waals surface area (Å²) in [6, 6.07) is 7.36. The number of aromatic nitrogens is 1. The maximum atomic E-state index is 12.3. The number of carbonyl (C=O) groups is 1. The number of halogens is 1. The van der Waals surface area contributed by atoms with Gasteiger partial charge in [-0.3, -0.25) is 4.79 Å². The van der Waals surface area contributed by atoms with E-state index in [-0.39, 0.29) is 11.7 Å². The number of benzene rings is 1. The lowest BCUT2D eigenvalue weighted by Crippen LogP contribution is -2.48. The van der Waals surface area contributed by atoms with Crippen LogP contribution in [0, 0.1) is 12.8 Å². The zero-order chi connectivity index (χ0) is 16.1. The fraction of sp³-hybridized carbons (Fsp3) is 0.412. The second-order valence-corrected chi connectivity index (χ2v) is 6.69. The first kappa shape index (κ1) is 15.3. The Morgan fingerprint density at radius 2 is 2.05 bits per heavy atom. The van der Waals surface area contributed by atoms with Crippen LogP contribution in [0.2, 0.25) is 5.02 Å². The average Bonchev–Trinajstić information content (AvgIpc) is 2.77. The molecule has 0 amide bonds. The van der Waals surface area contributed by atoms with Crippen molar-refractivity contribution in [1.82, 2.24) is 5.16 Å². The van der Waals surface area contributed by atoms with E-state index in [0.717, 1.165) is 16.8 Å². The Morgan fingerprint density at radius 1 is 1.41 bits per heavy atom. The van der Waals surface area contributed by atoms with Crippen molar-refractivity contribution < 1.29 is 14.4 Å². The number of Topliss-reactive ketones (excluding diaryl/α,β-unsaturated/α-hetero) is 1. The number of ketones is 1. The van der Waals surface area contributed by atoms with Gasteiger partial charge in [-0.25, -0.2) is 0 Å². The number of rotatable bonds is 2. The van der Waals surface area contributed by atoms with Crippen LogP contribution in [-0.4, -0.2) is 21.6 Å². The van der Waals surface area contributed by atoms with Gasteiger partial charge in [-0.05, 0) is 38.5 Å². The smallest absolute Gasteiger partial charge is 0.137 e. The summed E-state index contributed by atoms with van der Waals surface area (Å²) in [5.41, 5.74) is 1.40. The van der Waals surface area contributed by atoms with E-state index < -0.39 is 11.5 Å². The van der Waals surface area contributed by atoms with E-state index in [1.165, 1.54) is 6.92 Å². The maximum Gasteiger partial charge on any atom is 0.137 e. The van der Waals surface area contributed by atoms with Gasteiger partial charge in [0.2, 0.25) is 0 Å². The van der Waals surface area contributed by atoms with Crippen LogP contribution in [0.3, 0.4) is 0 Å². The minimum Gasteiger partial charge on any atom is -0.389 e. The van der Waals surface area contributed by atoms with Crippen molar-refractivity contribution >= 4 is 17.4 Å². The maximum absolute atomic E-state index is 12.3. The van der Waals surface area contributed by atoms with Crippen molar-refractivity contribution in [3.8, 4) is 0 Å². The van der Waals surface area contributed by atoms with Crippen molar-refractivity contribution in [3.63, 3.8) is 0 Å². The van der Waals surface area contributed by atoms with Crippen LogP contribution in [0.4, 0.5) is 0 Å². The van der Waals surface area contributed by atoms with Crippen molar-refractivity contribution in [3.05, 3.63) is 51.9 Å². The summed E-state index contributed by atoms with van der Waals surface area (Å²) in [4.78, 5) is 12.3. The van der Waals surface area contributed by atoms with Crippen molar-refractivity contribution in [2.24, 2.45) is 5.92 Å². The first-order chi connectivity index (χ1) is 10.3. The number of aryl methyl sites for hydroxylation is 1. The lowest BCUT2D eigenvalue weighted by atomic mass is 9.64. The Balaban J connectivity index is 2.23. The molecule has 5 heteroatoms. The second kappa shape index (κ2) is 5.21. The van der Waals surface area contributed by atoms with Crippen LogP contribution < -0.4 is 0 Å². The zero-order valence-electron chi connectivity index (χ0n) is 12.8. The van der Waals surface area contributed by atoms with Crippen LogP contribution in [0.5, 0.6) is 0 Å². The summed E-state index contributed by atoms with van der Waals surface area (Å²) < 4.78 is 5.32. The molecule has 1 heterocycles. The van der Waals surface area contributed by atoms with Gasteiger partial charge in [0.15, 0.2) is 0 Å². The summed E-state index contributed by atoms with van der Waals surface area (Å²) in [6.45, 7) is 5.05. The number of hydrogen-bond acceptors (Lipinski definition) is 4. The first-order valence-corrected chi connectivity index (χ1v) is 7.62. The molecule has 0 aliphatic heterocycles. The molecule has 1 aliphatic carbocycles. The van der Waals surface area contributed by atoms with Gasteiger partial charge in [0, 0.05) is 22.9 Å². The third-order valence-corrected chi connectivity index (χ3v) is 4.74. The molecule has 1 N–H and O–H groups in total. The highest BCUT2D eigenvalue weighted by molar-refractivity contribution is 6.30. The Morgan fingerprint density at radius 3 is 2.64 bits per heavy atom. The third-order valence-electron chi connectivity index (χ3n) is 4.49. The molecule has 0 fully saturated rings. The number of nitrogens with zero attached hydrogens (tertiary/aromatic N) is 1. The lowest BCUT2D eigenvalue weighted by Gasteiger charge is -2.40. The monoisotopic (exact) mass is 319 g/mol. The standard InChI is InChI=1S/C17H18ClNO3/c1-9(20)16-15(11-4-6-12(18)7-5-11)14-10(2)22-19-13(14)8-17(16,3)21/h4-7,15-16,21H,8H2,1-3H3. The molecule has 0 saturated heterocycles. The average molecular weight is 320 g/mol. The van der Waals surface area contributed by atoms with Gasteiger partial charge in [-0.15, -0.1) is 0 Å². The molecule has 1 aliphatic rings. The Bertz CT molecular complexity index is 718. The predicted molar refractivity (Wildman–Crippen MR) is 83.0 cm³/mol. The van der Waals surface area contributed by atoms with Crippen molar-refractivity contribution in [1.29, 1.82) is 0 Å².